The van der Waals surface area contributed by atoms with Crippen LogP contribution in [0.3, 0.4) is 0 Å². The van der Waals surface area contributed by atoms with Gasteiger partial charge in [-0.3, -0.25) is 14.5 Å². The zero-order chi connectivity index (χ0) is 14.5. The fourth-order valence-electron chi connectivity index (χ4n) is 1.98. The number of pyridine rings is 1. The summed E-state index contributed by atoms with van der Waals surface area (Å²) in [5, 5.41) is 4.20. The van der Waals surface area contributed by atoms with Crippen molar-refractivity contribution in [2.45, 2.75) is 19.9 Å². The van der Waals surface area contributed by atoms with Gasteiger partial charge in [0, 0.05) is 13.3 Å². The molecule has 2 rings (SSSR count). The predicted octanol–water partition coefficient (Wildman–Crippen LogP) is 2.48. The Morgan fingerprint density at radius 1 is 1.50 bits per heavy atom. The number of nitrogens with zero attached hydrogens (tertiary/aromatic N) is 3. The summed E-state index contributed by atoms with van der Waals surface area (Å²) >= 11 is 3.38. The van der Waals surface area contributed by atoms with Crippen molar-refractivity contribution in [3.05, 3.63) is 46.0 Å². The van der Waals surface area contributed by atoms with E-state index < -0.39 is 0 Å². The van der Waals surface area contributed by atoms with Gasteiger partial charge in [0.1, 0.15) is 11.4 Å². The van der Waals surface area contributed by atoms with Crippen molar-refractivity contribution < 1.29 is 9.53 Å². The van der Waals surface area contributed by atoms with E-state index in [0.29, 0.717) is 29.0 Å². The predicted molar refractivity (Wildman–Crippen MR) is 78.9 cm³/mol. The molecular formula is C14H16BrN3O2. The Bertz CT molecular complexity index is 610. The van der Waals surface area contributed by atoms with Crippen molar-refractivity contribution in [2.75, 3.05) is 13.7 Å². The van der Waals surface area contributed by atoms with Crippen LogP contribution in [-0.4, -0.2) is 34.3 Å². The molecule has 20 heavy (non-hydrogen) atoms. The van der Waals surface area contributed by atoms with Gasteiger partial charge in [0.25, 0.3) is 0 Å². The van der Waals surface area contributed by atoms with E-state index in [4.69, 9.17) is 4.74 Å². The number of aromatic nitrogens is 3. The largest absolute Gasteiger partial charge is 0.383 e. The smallest absolute Gasteiger partial charge is 0.230 e. The zero-order valence-corrected chi connectivity index (χ0v) is 13.1. The van der Waals surface area contributed by atoms with Crippen LogP contribution in [0.25, 0.3) is 0 Å². The molecular weight excluding hydrogens is 322 g/mol. The first-order valence-corrected chi connectivity index (χ1v) is 7.17. The monoisotopic (exact) mass is 337 g/mol. The van der Waals surface area contributed by atoms with Crippen LogP contribution in [0.15, 0.2) is 29.0 Å². The summed E-state index contributed by atoms with van der Waals surface area (Å²) in [5.74, 6) is -0.122. The van der Waals surface area contributed by atoms with Crippen LogP contribution in [0.4, 0.5) is 0 Å². The van der Waals surface area contributed by atoms with E-state index in [0.717, 1.165) is 12.0 Å². The van der Waals surface area contributed by atoms with E-state index in [2.05, 4.69) is 26.0 Å². The lowest BCUT2D eigenvalue weighted by molar-refractivity contribution is 0.101. The zero-order valence-electron chi connectivity index (χ0n) is 11.5. The van der Waals surface area contributed by atoms with Crippen LogP contribution in [0.5, 0.6) is 0 Å². The molecule has 0 N–H and O–H groups in total. The molecule has 0 unspecified atom stereocenters. The Morgan fingerprint density at radius 3 is 3.00 bits per heavy atom. The van der Waals surface area contributed by atoms with Crippen molar-refractivity contribution >= 4 is 21.7 Å². The van der Waals surface area contributed by atoms with Crippen LogP contribution in [0.2, 0.25) is 0 Å². The summed E-state index contributed by atoms with van der Waals surface area (Å²) in [6.45, 7) is 3.03. The highest BCUT2D eigenvalue weighted by Crippen LogP contribution is 2.21. The summed E-state index contributed by atoms with van der Waals surface area (Å²) in [5.41, 5.74) is 1.93. The fraction of sp³-hybridized carbons (Fsp3) is 0.357. The maximum atomic E-state index is 12.7. The number of hydrogen-bond donors (Lipinski definition) is 0. The third kappa shape index (κ3) is 2.96. The van der Waals surface area contributed by atoms with Crippen LogP contribution in [-0.2, 0) is 17.7 Å². The molecule has 0 fully saturated rings. The lowest BCUT2D eigenvalue weighted by Crippen LogP contribution is -2.17. The van der Waals surface area contributed by atoms with Gasteiger partial charge in [-0.25, -0.2) is 0 Å². The number of ketones is 1. The fourth-order valence-corrected chi connectivity index (χ4v) is 2.45. The van der Waals surface area contributed by atoms with Gasteiger partial charge < -0.3 is 4.74 Å². The van der Waals surface area contributed by atoms with Gasteiger partial charge in [0.05, 0.1) is 23.8 Å². The number of carbonyl (C=O) groups excluding carboxylic acids is 1. The summed E-state index contributed by atoms with van der Waals surface area (Å²) < 4.78 is 7.35. The lowest BCUT2D eigenvalue weighted by Gasteiger charge is -2.09. The quantitative estimate of drug-likeness (QED) is 0.760. The molecule has 2 aromatic rings. The number of halogens is 1. The van der Waals surface area contributed by atoms with Gasteiger partial charge in [-0.2, -0.15) is 5.10 Å². The van der Waals surface area contributed by atoms with E-state index in [-0.39, 0.29) is 5.78 Å². The molecule has 0 saturated heterocycles. The van der Waals surface area contributed by atoms with E-state index in [1.807, 2.05) is 19.1 Å². The number of hydrogen-bond acceptors (Lipinski definition) is 4. The van der Waals surface area contributed by atoms with Gasteiger partial charge in [0.15, 0.2) is 0 Å². The molecule has 0 spiro atoms. The van der Waals surface area contributed by atoms with Gasteiger partial charge in [-0.15, -0.1) is 0 Å². The molecule has 0 aliphatic heterocycles. The van der Waals surface area contributed by atoms with Crippen molar-refractivity contribution in [1.82, 2.24) is 14.8 Å². The minimum atomic E-state index is -0.122. The maximum absolute atomic E-state index is 12.7. The number of methoxy groups -OCH3 is 1. The third-order valence-corrected chi connectivity index (χ3v) is 3.58. The Hall–Kier alpha value is -1.53. The number of aryl methyl sites for hydroxylation is 1. The van der Waals surface area contributed by atoms with Crippen molar-refractivity contribution in [1.29, 1.82) is 0 Å². The van der Waals surface area contributed by atoms with Crippen molar-refractivity contribution in [3.8, 4) is 0 Å². The molecule has 0 aromatic carbocycles. The van der Waals surface area contributed by atoms with Crippen LogP contribution < -0.4 is 0 Å². The van der Waals surface area contributed by atoms with E-state index in [9.17, 15) is 4.79 Å². The Balaban J connectivity index is 2.40. The molecule has 0 atom stereocenters. The Labute approximate surface area is 126 Å². The average molecular weight is 338 g/mol. The SMILES string of the molecule is CCc1cccnc1C(=O)c1c(Br)cnn1CCOC. The van der Waals surface area contributed by atoms with Crippen LogP contribution in [0.1, 0.15) is 28.7 Å². The lowest BCUT2D eigenvalue weighted by atomic mass is 10.1. The van der Waals surface area contributed by atoms with Crippen molar-refractivity contribution in [3.63, 3.8) is 0 Å². The first kappa shape index (κ1) is 14.9. The normalized spacial score (nSPS) is 10.8. The van der Waals surface area contributed by atoms with Crippen molar-refractivity contribution in [2.24, 2.45) is 0 Å². The molecule has 0 amide bonds. The summed E-state index contributed by atoms with van der Waals surface area (Å²) in [6.07, 6.45) is 4.02. The van der Waals surface area contributed by atoms with Gasteiger partial charge in [-0.1, -0.05) is 13.0 Å². The molecule has 0 radical (unpaired) electrons. The number of rotatable bonds is 6. The summed E-state index contributed by atoms with van der Waals surface area (Å²) in [7, 11) is 1.62. The molecule has 2 aromatic heterocycles. The third-order valence-electron chi connectivity index (χ3n) is 3.00. The average Bonchev–Trinajstić information content (AvgIpc) is 2.85. The molecule has 0 saturated carbocycles. The second-order valence-corrected chi connectivity index (χ2v) is 5.11. The molecule has 6 heteroatoms. The van der Waals surface area contributed by atoms with Crippen LogP contribution >= 0.6 is 15.9 Å². The highest BCUT2D eigenvalue weighted by atomic mass is 79.9. The van der Waals surface area contributed by atoms with Gasteiger partial charge in [-0.05, 0) is 34.0 Å². The first-order valence-electron chi connectivity index (χ1n) is 6.37. The second-order valence-electron chi connectivity index (χ2n) is 4.25. The molecule has 5 nitrogen and oxygen atoms in total. The maximum Gasteiger partial charge on any atom is 0.230 e. The van der Waals surface area contributed by atoms with Gasteiger partial charge >= 0.3 is 0 Å². The first-order chi connectivity index (χ1) is 9.69. The van der Waals surface area contributed by atoms with Crippen LogP contribution in [0, 0.1) is 0 Å². The van der Waals surface area contributed by atoms with E-state index in [1.165, 1.54) is 0 Å². The molecule has 0 aliphatic rings. The Kier molecular flexibility index (Phi) is 5.03. The molecule has 106 valence electrons. The summed E-state index contributed by atoms with van der Waals surface area (Å²) in [4.78, 5) is 16.9. The Morgan fingerprint density at radius 2 is 2.30 bits per heavy atom. The van der Waals surface area contributed by atoms with E-state index in [1.54, 1.807) is 24.2 Å². The molecule has 0 aliphatic carbocycles. The standard InChI is InChI=1S/C14H16BrN3O2/c1-3-10-5-4-6-16-12(10)14(19)13-11(15)9-17-18(13)7-8-20-2/h4-6,9H,3,7-8H2,1-2H3. The summed E-state index contributed by atoms with van der Waals surface area (Å²) in [6, 6.07) is 3.76. The highest BCUT2D eigenvalue weighted by molar-refractivity contribution is 9.10. The van der Waals surface area contributed by atoms with Gasteiger partial charge in [0.2, 0.25) is 5.78 Å². The van der Waals surface area contributed by atoms with E-state index >= 15 is 0 Å². The minimum absolute atomic E-state index is 0.122. The molecule has 0 bridgehead atoms. The number of carbonyl (C=O) groups is 1. The molecule has 2 heterocycles. The second kappa shape index (κ2) is 6.76. The minimum Gasteiger partial charge on any atom is -0.383 e. The topological polar surface area (TPSA) is 57.0 Å². The number of ether oxygens (including phenoxy) is 1. The highest BCUT2D eigenvalue weighted by Gasteiger charge is 2.21.